The van der Waals surface area contributed by atoms with Crippen molar-refractivity contribution in [2.24, 2.45) is 0 Å². The number of morpholine rings is 1. The monoisotopic (exact) mass is 290 g/mol. The molecule has 0 aliphatic carbocycles. The van der Waals surface area contributed by atoms with E-state index in [1.165, 1.54) is 0 Å². The van der Waals surface area contributed by atoms with Crippen LogP contribution in [0.4, 0.5) is 5.69 Å². The summed E-state index contributed by atoms with van der Waals surface area (Å²) in [6, 6.07) is 7.41. The first-order valence-electron chi connectivity index (χ1n) is 7.09. The van der Waals surface area contributed by atoms with Crippen molar-refractivity contribution in [2.75, 3.05) is 44.3 Å². The number of nitrogens with zero attached hydrogens (tertiary/aromatic N) is 2. The van der Waals surface area contributed by atoms with E-state index in [0.717, 1.165) is 11.3 Å². The number of hydrogen-bond donors (Lipinski definition) is 1. The molecule has 1 N–H and O–H groups in total. The Balaban J connectivity index is 1.74. The molecule has 0 aromatic heterocycles. The van der Waals surface area contributed by atoms with Crippen molar-refractivity contribution >= 4 is 17.6 Å². The number of carboxylic acids is 1. The van der Waals surface area contributed by atoms with Crippen molar-refractivity contribution in [3.63, 3.8) is 0 Å². The third kappa shape index (κ3) is 2.71. The largest absolute Gasteiger partial charge is 0.481 e. The lowest BCUT2D eigenvalue weighted by Gasteiger charge is -2.29. The van der Waals surface area contributed by atoms with Gasteiger partial charge in [0.15, 0.2) is 0 Å². The molecule has 0 spiro atoms. The number of aliphatic carboxylic acids is 1. The molecule has 2 aliphatic rings. The number of anilines is 1. The molecule has 112 valence electrons. The second-order valence-corrected chi connectivity index (χ2v) is 5.32. The summed E-state index contributed by atoms with van der Waals surface area (Å²) in [6.45, 7) is 2.93. The predicted octanol–water partition coefficient (Wildman–Crippen LogP) is 0.534. The highest BCUT2D eigenvalue weighted by Crippen LogP contribution is 2.35. The van der Waals surface area contributed by atoms with E-state index in [0.29, 0.717) is 32.8 Å². The van der Waals surface area contributed by atoms with Crippen molar-refractivity contribution in [2.45, 2.75) is 5.92 Å². The van der Waals surface area contributed by atoms with Gasteiger partial charge in [-0.1, -0.05) is 18.2 Å². The van der Waals surface area contributed by atoms with Gasteiger partial charge in [0.1, 0.15) is 5.92 Å². The zero-order chi connectivity index (χ0) is 14.8. The number of carbonyl (C=O) groups is 2. The summed E-state index contributed by atoms with van der Waals surface area (Å²) < 4.78 is 5.24. The maximum absolute atomic E-state index is 12.3. The third-order valence-electron chi connectivity index (χ3n) is 4.04. The van der Waals surface area contributed by atoms with Crippen LogP contribution in [0.1, 0.15) is 11.5 Å². The molecule has 0 saturated carbocycles. The Labute approximate surface area is 122 Å². The minimum Gasteiger partial charge on any atom is -0.481 e. The average Bonchev–Trinajstić information content (AvgIpc) is 2.87. The number of carbonyl (C=O) groups excluding carboxylic acids is 1. The Morgan fingerprint density at radius 1 is 1.24 bits per heavy atom. The highest BCUT2D eigenvalue weighted by Gasteiger charge is 2.34. The number of fused-ring (bicyclic) bond motifs is 1. The molecule has 1 fully saturated rings. The van der Waals surface area contributed by atoms with E-state index < -0.39 is 11.9 Å². The molecule has 2 heterocycles. The molecule has 6 heteroatoms. The molecule has 1 unspecified atom stereocenters. The fraction of sp³-hybridized carbons (Fsp3) is 0.467. The molecule has 21 heavy (non-hydrogen) atoms. The minimum atomic E-state index is -0.844. The van der Waals surface area contributed by atoms with Gasteiger partial charge in [-0.2, -0.15) is 0 Å². The first kappa shape index (κ1) is 13.9. The van der Waals surface area contributed by atoms with E-state index in [1.54, 1.807) is 4.90 Å². The van der Waals surface area contributed by atoms with Crippen LogP contribution in [0.2, 0.25) is 0 Å². The van der Waals surface area contributed by atoms with Crippen LogP contribution in [0.25, 0.3) is 0 Å². The van der Waals surface area contributed by atoms with E-state index in [1.807, 2.05) is 29.2 Å². The smallest absolute Gasteiger partial charge is 0.312 e. The normalized spacial score (nSPS) is 21.2. The van der Waals surface area contributed by atoms with Gasteiger partial charge >= 0.3 is 5.97 Å². The van der Waals surface area contributed by atoms with Gasteiger partial charge in [-0.3, -0.25) is 9.59 Å². The van der Waals surface area contributed by atoms with Crippen LogP contribution in [-0.4, -0.2) is 61.3 Å². The fourth-order valence-corrected chi connectivity index (χ4v) is 2.92. The van der Waals surface area contributed by atoms with Crippen molar-refractivity contribution in [1.29, 1.82) is 0 Å². The van der Waals surface area contributed by atoms with Crippen molar-refractivity contribution in [3.8, 4) is 0 Å². The molecule has 0 radical (unpaired) electrons. The summed E-state index contributed by atoms with van der Waals surface area (Å²) in [5.41, 5.74) is 1.64. The van der Waals surface area contributed by atoms with Gasteiger partial charge in [0.25, 0.3) is 0 Å². The Morgan fingerprint density at radius 3 is 2.67 bits per heavy atom. The molecule has 1 saturated heterocycles. The standard InChI is InChI=1S/C15H18N2O4/c18-14(16-5-7-21-8-6-16)10-17-9-12(15(19)20)11-3-1-2-4-13(11)17/h1-4,12H,5-10H2,(H,19,20). The molecule has 1 amide bonds. The van der Waals surface area contributed by atoms with Crippen LogP contribution < -0.4 is 4.90 Å². The van der Waals surface area contributed by atoms with Crippen molar-refractivity contribution in [1.82, 2.24) is 4.90 Å². The molecule has 3 rings (SSSR count). The minimum absolute atomic E-state index is 0.0270. The number of para-hydroxylation sites is 1. The molecule has 1 atom stereocenters. The zero-order valence-corrected chi connectivity index (χ0v) is 11.7. The van der Waals surface area contributed by atoms with Crippen LogP contribution in [0.5, 0.6) is 0 Å². The molecular formula is C15H18N2O4. The van der Waals surface area contributed by atoms with Gasteiger partial charge in [0.2, 0.25) is 5.91 Å². The van der Waals surface area contributed by atoms with Crippen LogP contribution in [0.15, 0.2) is 24.3 Å². The number of hydrogen-bond acceptors (Lipinski definition) is 4. The molecule has 1 aromatic rings. The number of ether oxygens (including phenoxy) is 1. The Hall–Kier alpha value is -2.08. The second-order valence-electron chi connectivity index (χ2n) is 5.32. The number of rotatable bonds is 3. The molecule has 6 nitrogen and oxygen atoms in total. The van der Waals surface area contributed by atoms with Gasteiger partial charge in [0, 0.05) is 25.3 Å². The number of amides is 1. The Morgan fingerprint density at radius 2 is 1.95 bits per heavy atom. The highest BCUT2D eigenvalue weighted by molar-refractivity contribution is 5.87. The third-order valence-corrected chi connectivity index (χ3v) is 4.04. The van der Waals surface area contributed by atoms with E-state index in [-0.39, 0.29) is 12.5 Å². The summed E-state index contributed by atoms with van der Waals surface area (Å²) in [6.07, 6.45) is 0. The van der Waals surface area contributed by atoms with Crippen LogP contribution in [0.3, 0.4) is 0 Å². The maximum Gasteiger partial charge on any atom is 0.312 e. The van der Waals surface area contributed by atoms with Crippen LogP contribution in [0, 0.1) is 0 Å². The Bertz CT molecular complexity index is 554. The predicted molar refractivity (Wildman–Crippen MR) is 76.4 cm³/mol. The molecule has 1 aromatic carbocycles. The molecular weight excluding hydrogens is 272 g/mol. The first-order valence-corrected chi connectivity index (χ1v) is 7.09. The highest BCUT2D eigenvalue weighted by atomic mass is 16.5. The topological polar surface area (TPSA) is 70.1 Å². The number of benzene rings is 1. The fourth-order valence-electron chi connectivity index (χ4n) is 2.92. The van der Waals surface area contributed by atoms with E-state index in [4.69, 9.17) is 4.74 Å². The first-order chi connectivity index (χ1) is 10.2. The van der Waals surface area contributed by atoms with E-state index in [2.05, 4.69) is 0 Å². The lowest BCUT2D eigenvalue weighted by atomic mass is 10.0. The SMILES string of the molecule is O=C(O)C1CN(CC(=O)N2CCOCC2)c2ccccc21. The van der Waals surface area contributed by atoms with Gasteiger partial charge in [-0.05, 0) is 11.6 Å². The summed E-state index contributed by atoms with van der Waals surface area (Å²) >= 11 is 0. The van der Waals surface area contributed by atoms with Gasteiger partial charge in [-0.25, -0.2) is 0 Å². The summed E-state index contributed by atoms with van der Waals surface area (Å²) in [5.74, 6) is -1.37. The van der Waals surface area contributed by atoms with Crippen molar-refractivity contribution in [3.05, 3.63) is 29.8 Å². The zero-order valence-electron chi connectivity index (χ0n) is 11.7. The Kier molecular flexibility index (Phi) is 3.79. The van der Waals surface area contributed by atoms with Crippen LogP contribution >= 0.6 is 0 Å². The summed E-state index contributed by atoms with van der Waals surface area (Å²) in [4.78, 5) is 27.3. The van der Waals surface area contributed by atoms with Gasteiger partial charge < -0.3 is 19.6 Å². The quantitative estimate of drug-likeness (QED) is 0.879. The molecule has 2 aliphatic heterocycles. The van der Waals surface area contributed by atoms with E-state index >= 15 is 0 Å². The summed E-state index contributed by atoms with van der Waals surface area (Å²) in [5, 5.41) is 9.32. The molecule has 0 bridgehead atoms. The average molecular weight is 290 g/mol. The van der Waals surface area contributed by atoms with Gasteiger partial charge in [-0.15, -0.1) is 0 Å². The van der Waals surface area contributed by atoms with Crippen molar-refractivity contribution < 1.29 is 19.4 Å². The maximum atomic E-state index is 12.3. The van der Waals surface area contributed by atoms with Gasteiger partial charge in [0.05, 0.1) is 19.8 Å². The number of carboxylic acid groups (broad SMARTS) is 1. The lowest BCUT2D eigenvalue weighted by Crippen LogP contribution is -2.45. The summed E-state index contributed by atoms with van der Waals surface area (Å²) in [7, 11) is 0. The lowest BCUT2D eigenvalue weighted by molar-refractivity contribution is -0.138. The van der Waals surface area contributed by atoms with Crippen LogP contribution in [-0.2, 0) is 14.3 Å². The van der Waals surface area contributed by atoms with E-state index in [9.17, 15) is 14.7 Å². The second kappa shape index (κ2) is 5.73.